The van der Waals surface area contributed by atoms with Crippen molar-refractivity contribution >= 4 is 34.9 Å². The van der Waals surface area contributed by atoms with E-state index in [2.05, 4.69) is 13.8 Å². The summed E-state index contributed by atoms with van der Waals surface area (Å²) in [5.74, 6) is 1.36. The van der Waals surface area contributed by atoms with Gasteiger partial charge in [0.15, 0.2) is 0 Å². The van der Waals surface area contributed by atoms with Crippen LogP contribution in [0, 0.1) is 5.92 Å². The Morgan fingerprint density at radius 3 is 2.87 bits per heavy atom. The highest BCUT2D eigenvalue weighted by molar-refractivity contribution is 8.01. The van der Waals surface area contributed by atoms with E-state index in [4.69, 9.17) is 0 Å². The minimum atomic E-state index is -0.00583. The van der Waals surface area contributed by atoms with Crippen LogP contribution < -0.4 is 0 Å². The summed E-state index contributed by atoms with van der Waals surface area (Å²) in [5, 5.41) is 0. The van der Waals surface area contributed by atoms with Gasteiger partial charge in [-0.05, 0) is 37.1 Å². The van der Waals surface area contributed by atoms with Crippen molar-refractivity contribution < 1.29 is 9.59 Å². The number of nitrogens with zero attached hydrogens (tertiary/aromatic N) is 2. The normalized spacial score (nSPS) is 24.2. The molecule has 0 spiro atoms. The zero-order valence-electron chi connectivity index (χ0n) is 13.8. The lowest BCUT2D eigenvalue weighted by molar-refractivity contribution is -0.139. The van der Waals surface area contributed by atoms with Crippen molar-refractivity contribution in [3.05, 3.63) is 17.0 Å². The Hall–Kier alpha value is -1.01. The van der Waals surface area contributed by atoms with Gasteiger partial charge in [0.25, 0.3) is 5.91 Å². The number of rotatable bonds is 5. The Labute approximate surface area is 146 Å². The smallest absolute Gasteiger partial charge is 0.264 e. The molecule has 4 nitrogen and oxygen atoms in total. The van der Waals surface area contributed by atoms with Gasteiger partial charge in [0.2, 0.25) is 5.91 Å². The van der Waals surface area contributed by atoms with E-state index in [0.717, 1.165) is 36.4 Å². The molecule has 2 atom stereocenters. The maximum atomic E-state index is 12.9. The maximum absolute atomic E-state index is 12.9. The van der Waals surface area contributed by atoms with Gasteiger partial charge in [0, 0.05) is 25.7 Å². The first-order valence-corrected chi connectivity index (χ1v) is 10.3. The number of thioether (sulfide) groups is 1. The van der Waals surface area contributed by atoms with E-state index in [1.807, 2.05) is 21.9 Å². The predicted octanol–water partition coefficient (Wildman–Crippen LogP) is 3.33. The summed E-state index contributed by atoms with van der Waals surface area (Å²) >= 11 is 3.34. The van der Waals surface area contributed by atoms with E-state index in [1.165, 1.54) is 4.21 Å². The second kappa shape index (κ2) is 7.26. The lowest BCUT2D eigenvalue weighted by Gasteiger charge is -2.35. The molecule has 126 valence electrons. The highest BCUT2D eigenvalue weighted by Gasteiger charge is 2.41. The number of hydrogen-bond donors (Lipinski definition) is 0. The molecule has 3 saturated heterocycles. The fourth-order valence-corrected chi connectivity index (χ4v) is 5.56. The van der Waals surface area contributed by atoms with E-state index >= 15 is 0 Å². The number of thiophene rings is 1. The number of carbonyl (C=O) groups is 2. The zero-order valence-corrected chi connectivity index (χ0v) is 15.4. The molecule has 4 heterocycles. The molecule has 1 aromatic rings. The summed E-state index contributed by atoms with van der Waals surface area (Å²) < 4.78 is 1.19. The highest BCUT2D eigenvalue weighted by atomic mass is 32.2. The largest absolute Gasteiger partial charge is 0.338 e. The molecule has 3 aliphatic rings. The number of hydrogen-bond acceptors (Lipinski definition) is 4. The minimum Gasteiger partial charge on any atom is -0.338 e. The fraction of sp³-hybridized carbons (Fsp3) is 0.647. The van der Waals surface area contributed by atoms with Crippen molar-refractivity contribution in [3.8, 4) is 0 Å². The van der Waals surface area contributed by atoms with Crippen molar-refractivity contribution in [2.24, 2.45) is 5.92 Å². The summed E-state index contributed by atoms with van der Waals surface area (Å²) in [6, 6.07) is 4.17. The molecule has 23 heavy (non-hydrogen) atoms. The summed E-state index contributed by atoms with van der Waals surface area (Å²) in [5.41, 5.74) is 0. The molecule has 1 aromatic heterocycles. The molecule has 0 saturated carbocycles. The SMILES string of the molecule is CCCN1C(=O)C2CCC1CN(C(=O)c1ccc(SCC)s1)C2. The lowest BCUT2D eigenvalue weighted by Crippen LogP contribution is -2.48. The van der Waals surface area contributed by atoms with Gasteiger partial charge in [-0.1, -0.05) is 13.8 Å². The van der Waals surface area contributed by atoms with Crippen molar-refractivity contribution in [1.29, 1.82) is 0 Å². The average molecular weight is 353 g/mol. The molecule has 2 unspecified atom stereocenters. The molecule has 0 N–H and O–H groups in total. The molecular formula is C17H24N2O2S2. The van der Waals surface area contributed by atoms with Gasteiger partial charge in [0.1, 0.15) is 0 Å². The van der Waals surface area contributed by atoms with Crippen LogP contribution in [-0.4, -0.2) is 53.0 Å². The number of amides is 2. The second-order valence-corrected chi connectivity index (χ2v) is 8.87. The van der Waals surface area contributed by atoms with Gasteiger partial charge in [-0.2, -0.15) is 0 Å². The standard InChI is InChI=1S/C17H24N2O2S2/c1-3-9-19-13-6-5-12(16(19)20)10-18(11-13)17(21)14-7-8-15(23-14)22-4-2/h7-8,12-13H,3-6,9-11H2,1-2H3. The van der Waals surface area contributed by atoms with Crippen LogP contribution in [0.4, 0.5) is 0 Å². The van der Waals surface area contributed by atoms with Crippen LogP contribution >= 0.6 is 23.1 Å². The predicted molar refractivity (Wildman–Crippen MR) is 95.1 cm³/mol. The molecular weight excluding hydrogens is 328 g/mol. The van der Waals surface area contributed by atoms with Crippen molar-refractivity contribution in [2.45, 2.75) is 43.4 Å². The van der Waals surface area contributed by atoms with Crippen LogP contribution in [0.15, 0.2) is 16.3 Å². The van der Waals surface area contributed by atoms with Crippen molar-refractivity contribution in [1.82, 2.24) is 9.80 Å². The second-order valence-electron chi connectivity index (χ2n) is 6.22. The van der Waals surface area contributed by atoms with Gasteiger partial charge >= 0.3 is 0 Å². The zero-order chi connectivity index (χ0) is 16.4. The quantitative estimate of drug-likeness (QED) is 0.763. The van der Waals surface area contributed by atoms with Crippen LogP contribution in [0.25, 0.3) is 0 Å². The van der Waals surface area contributed by atoms with Crippen LogP contribution in [0.2, 0.25) is 0 Å². The highest BCUT2D eigenvalue weighted by Crippen LogP contribution is 2.32. The van der Waals surface area contributed by atoms with Crippen molar-refractivity contribution in [3.63, 3.8) is 0 Å². The van der Waals surface area contributed by atoms with E-state index in [0.29, 0.717) is 13.1 Å². The van der Waals surface area contributed by atoms with Gasteiger partial charge in [-0.3, -0.25) is 9.59 Å². The summed E-state index contributed by atoms with van der Waals surface area (Å²) in [4.78, 5) is 30.2. The fourth-order valence-electron chi connectivity index (χ4n) is 3.55. The van der Waals surface area contributed by atoms with Gasteiger partial charge in [0.05, 0.1) is 15.0 Å². The minimum absolute atomic E-state index is 0.00583. The van der Waals surface area contributed by atoms with E-state index in [9.17, 15) is 9.59 Å². The lowest BCUT2D eigenvalue weighted by atomic mass is 9.94. The monoisotopic (exact) mass is 352 g/mol. The molecule has 2 amide bonds. The molecule has 3 fully saturated rings. The topological polar surface area (TPSA) is 40.6 Å². The number of fused-ring (bicyclic) bond motifs is 4. The van der Waals surface area contributed by atoms with Crippen LogP contribution in [-0.2, 0) is 4.79 Å². The third kappa shape index (κ3) is 3.43. The summed E-state index contributed by atoms with van der Waals surface area (Å²) in [6.07, 6.45) is 2.93. The third-order valence-electron chi connectivity index (χ3n) is 4.62. The molecule has 3 aliphatic heterocycles. The van der Waals surface area contributed by atoms with Crippen molar-refractivity contribution in [2.75, 3.05) is 25.4 Å². The first-order chi connectivity index (χ1) is 11.1. The molecule has 0 aromatic carbocycles. The molecule has 2 bridgehead atoms. The van der Waals surface area contributed by atoms with E-state index in [-0.39, 0.29) is 23.8 Å². The molecule has 0 radical (unpaired) electrons. The number of piperidine rings is 1. The Morgan fingerprint density at radius 1 is 1.30 bits per heavy atom. The van der Waals surface area contributed by atoms with Crippen LogP contribution in [0.5, 0.6) is 0 Å². The Bertz CT molecular complexity index is 587. The van der Waals surface area contributed by atoms with Gasteiger partial charge in [-0.15, -0.1) is 23.1 Å². The first kappa shape index (κ1) is 16.8. The third-order valence-corrected chi connectivity index (χ3v) is 6.80. The van der Waals surface area contributed by atoms with Gasteiger partial charge in [-0.25, -0.2) is 0 Å². The Balaban J connectivity index is 1.76. The number of carbonyl (C=O) groups excluding carboxylic acids is 2. The van der Waals surface area contributed by atoms with Crippen LogP contribution in [0.1, 0.15) is 42.8 Å². The average Bonchev–Trinajstić information content (AvgIpc) is 2.84. The van der Waals surface area contributed by atoms with Gasteiger partial charge < -0.3 is 9.80 Å². The van der Waals surface area contributed by atoms with E-state index in [1.54, 1.807) is 23.1 Å². The summed E-state index contributed by atoms with van der Waals surface area (Å²) in [6.45, 7) is 6.32. The van der Waals surface area contributed by atoms with Crippen LogP contribution in [0.3, 0.4) is 0 Å². The molecule has 6 heteroatoms. The Morgan fingerprint density at radius 2 is 2.13 bits per heavy atom. The Kier molecular flexibility index (Phi) is 5.31. The van der Waals surface area contributed by atoms with E-state index < -0.39 is 0 Å². The summed E-state index contributed by atoms with van der Waals surface area (Å²) in [7, 11) is 0. The molecule has 0 aliphatic carbocycles. The first-order valence-electron chi connectivity index (χ1n) is 8.46. The maximum Gasteiger partial charge on any atom is 0.264 e. The molecule has 4 rings (SSSR count).